The van der Waals surface area contributed by atoms with E-state index < -0.39 is 0 Å². The molecule has 26 heavy (non-hydrogen) atoms. The zero-order chi connectivity index (χ0) is 18.4. The van der Waals surface area contributed by atoms with Crippen LogP contribution >= 0.6 is 0 Å². The minimum atomic E-state index is 0.0538. The molecule has 6 nitrogen and oxygen atoms in total. The summed E-state index contributed by atoms with van der Waals surface area (Å²) in [5.41, 5.74) is 1.81. The summed E-state index contributed by atoms with van der Waals surface area (Å²) < 4.78 is 16.2. The van der Waals surface area contributed by atoms with Gasteiger partial charge in [-0.05, 0) is 47.0 Å². The topological polar surface area (TPSA) is 68.2 Å². The van der Waals surface area contributed by atoms with Crippen LogP contribution in [0.25, 0.3) is 21.5 Å². The fourth-order valence-electron chi connectivity index (χ4n) is 3.76. The summed E-state index contributed by atoms with van der Waals surface area (Å²) in [4.78, 5) is 13.2. The van der Waals surface area contributed by atoms with Gasteiger partial charge in [-0.2, -0.15) is 0 Å². The van der Waals surface area contributed by atoms with E-state index in [1.54, 1.807) is 19.1 Å². The second-order valence-corrected chi connectivity index (χ2v) is 6.21. The quantitative estimate of drug-likeness (QED) is 0.576. The van der Waals surface area contributed by atoms with Gasteiger partial charge >= 0.3 is 0 Å². The highest BCUT2D eigenvalue weighted by Gasteiger charge is 2.25. The summed E-state index contributed by atoms with van der Waals surface area (Å²) in [5, 5.41) is 14.0. The van der Waals surface area contributed by atoms with Crippen LogP contribution in [0.5, 0.6) is 23.0 Å². The molecule has 1 amide bonds. The molecular formula is C20H19NO5. The lowest BCUT2D eigenvalue weighted by Gasteiger charge is -2.28. The first-order valence-electron chi connectivity index (χ1n) is 8.26. The van der Waals surface area contributed by atoms with Crippen LogP contribution in [0.4, 0.5) is 5.69 Å². The molecule has 0 saturated heterocycles. The minimum Gasteiger partial charge on any atom is -0.504 e. The highest BCUT2D eigenvalue weighted by Crippen LogP contribution is 2.48. The largest absolute Gasteiger partial charge is 0.504 e. The second-order valence-electron chi connectivity index (χ2n) is 6.21. The van der Waals surface area contributed by atoms with Gasteiger partial charge < -0.3 is 24.2 Å². The molecule has 1 N–H and O–H groups in total. The fraction of sp³-hybridized carbons (Fsp3) is 0.250. The zero-order valence-electron chi connectivity index (χ0n) is 14.8. The van der Waals surface area contributed by atoms with Crippen molar-refractivity contribution in [1.82, 2.24) is 0 Å². The fourth-order valence-corrected chi connectivity index (χ4v) is 3.76. The molecule has 1 aliphatic rings. The maximum atomic E-state index is 11.6. The third-order valence-corrected chi connectivity index (χ3v) is 5.00. The van der Waals surface area contributed by atoms with Gasteiger partial charge in [0.15, 0.2) is 23.0 Å². The molecule has 0 radical (unpaired) electrons. The molecule has 134 valence electrons. The monoisotopic (exact) mass is 353 g/mol. The summed E-state index contributed by atoms with van der Waals surface area (Å²) in [7, 11) is 4.68. The number of anilines is 1. The number of amides is 1. The number of phenolic OH excluding ortho intramolecular Hbond substituents is 1. The minimum absolute atomic E-state index is 0.0538. The smallest absolute Gasteiger partial charge is 0.214 e. The molecule has 0 bridgehead atoms. The van der Waals surface area contributed by atoms with Crippen molar-refractivity contribution in [2.45, 2.75) is 6.42 Å². The predicted octanol–water partition coefficient (Wildman–Crippen LogP) is 3.24. The number of benzene rings is 3. The Morgan fingerprint density at radius 1 is 0.962 bits per heavy atom. The maximum Gasteiger partial charge on any atom is 0.214 e. The van der Waals surface area contributed by atoms with E-state index in [0.717, 1.165) is 33.8 Å². The molecule has 3 aromatic carbocycles. The number of nitrogens with zero attached hydrogens (tertiary/aromatic N) is 1. The van der Waals surface area contributed by atoms with Crippen LogP contribution in [0, 0.1) is 0 Å². The summed E-state index contributed by atoms with van der Waals surface area (Å²) in [6, 6.07) is 7.48. The molecule has 4 rings (SSSR count). The van der Waals surface area contributed by atoms with Crippen molar-refractivity contribution in [3.63, 3.8) is 0 Å². The van der Waals surface area contributed by atoms with Crippen LogP contribution < -0.4 is 19.1 Å². The van der Waals surface area contributed by atoms with Crippen molar-refractivity contribution in [1.29, 1.82) is 0 Å². The number of carbonyl (C=O) groups is 1. The van der Waals surface area contributed by atoms with E-state index in [-0.39, 0.29) is 5.75 Å². The number of ether oxygens (including phenoxy) is 3. The van der Waals surface area contributed by atoms with Crippen LogP contribution in [0.2, 0.25) is 0 Å². The molecular weight excluding hydrogens is 334 g/mol. The number of phenols is 1. The molecule has 6 heteroatoms. The van der Waals surface area contributed by atoms with Crippen LogP contribution in [-0.4, -0.2) is 39.4 Å². The molecule has 0 atom stereocenters. The summed E-state index contributed by atoms with van der Waals surface area (Å²) >= 11 is 0. The van der Waals surface area contributed by atoms with Gasteiger partial charge in [-0.1, -0.05) is 0 Å². The summed E-state index contributed by atoms with van der Waals surface area (Å²) in [5.74, 6) is 1.63. The van der Waals surface area contributed by atoms with Gasteiger partial charge in [0.05, 0.1) is 27.0 Å². The number of hydrogen-bond donors (Lipinski definition) is 1. The standard InChI is InChI=1S/C20H19NO5/c1-24-15-8-12-6-14-18-11(4-5-21(14)10-22)7-17(26-3)20(23)19(18)13(12)9-16(15)25-2/h6-10,23H,4-5H2,1-3H3. The number of hydrogen-bond acceptors (Lipinski definition) is 5. The normalized spacial score (nSPS) is 13.1. The zero-order valence-corrected chi connectivity index (χ0v) is 14.8. The summed E-state index contributed by atoms with van der Waals surface area (Å²) in [6.45, 7) is 0.582. The van der Waals surface area contributed by atoms with Gasteiger partial charge in [-0.15, -0.1) is 0 Å². The Kier molecular flexibility index (Phi) is 3.76. The van der Waals surface area contributed by atoms with Gasteiger partial charge in [-0.3, -0.25) is 4.79 Å². The van der Waals surface area contributed by atoms with Crippen molar-refractivity contribution in [3.05, 3.63) is 29.8 Å². The van der Waals surface area contributed by atoms with E-state index in [4.69, 9.17) is 14.2 Å². The first kappa shape index (κ1) is 16.3. The van der Waals surface area contributed by atoms with Crippen LogP contribution in [0.3, 0.4) is 0 Å². The molecule has 1 aliphatic heterocycles. The van der Waals surface area contributed by atoms with Gasteiger partial charge in [-0.25, -0.2) is 0 Å². The molecule has 0 unspecified atom stereocenters. The van der Waals surface area contributed by atoms with Gasteiger partial charge in [0.1, 0.15) is 0 Å². The number of carbonyl (C=O) groups excluding carboxylic acids is 1. The first-order valence-corrected chi connectivity index (χ1v) is 8.26. The highest BCUT2D eigenvalue weighted by atomic mass is 16.5. The van der Waals surface area contributed by atoms with Gasteiger partial charge in [0.2, 0.25) is 6.41 Å². The van der Waals surface area contributed by atoms with Crippen molar-refractivity contribution in [2.75, 3.05) is 32.8 Å². The van der Waals surface area contributed by atoms with E-state index in [1.165, 1.54) is 7.11 Å². The number of fused-ring (bicyclic) bond motifs is 2. The van der Waals surface area contributed by atoms with E-state index in [1.807, 2.05) is 24.3 Å². The molecule has 3 aromatic rings. The second kappa shape index (κ2) is 5.98. The Morgan fingerprint density at radius 3 is 2.31 bits per heavy atom. The molecule has 0 fully saturated rings. The molecule has 0 spiro atoms. The van der Waals surface area contributed by atoms with Crippen molar-refractivity contribution < 1.29 is 24.1 Å². The first-order chi connectivity index (χ1) is 12.6. The Morgan fingerprint density at radius 2 is 1.65 bits per heavy atom. The lowest BCUT2D eigenvalue weighted by Crippen LogP contribution is -2.27. The average Bonchev–Trinajstić information content (AvgIpc) is 2.68. The van der Waals surface area contributed by atoms with E-state index in [0.29, 0.717) is 35.6 Å². The van der Waals surface area contributed by atoms with Crippen LogP contribution in [0.1, 0.15) is 5.56 Å². The van der Waals surface area contributed by atoms with Crippen LogP contribution in [-0.2, 0) is 11.2 Å². The molecule has 0 aliphatic carbocycles. The third kappa shape index (κ3) is 2.15. The molecule has 0 aromatic heterocycles. The van der Waals surface area contributed by atoms with E-state index >= 15 is 0 Å². The maximum absolute atomic E-state index is 11.6. The lowest BCUT2D eigenvalue weighted by atomic mass is 9.91. The Labute approximate surface area is 150 Å². The van der Waals surface area contributed by atoms with Crippen molar-refractivity contribution in [3.8, 4) is 23.0 Å². The summed E-state index contributed by atoms with van der Waals surface area (Å²) in [6.07, 6.45) is 1.52. The third-order valence-electron chi connectivity index (χ3n) is 5.00. The van der Waals surface area contributed by atoms with E-state index in [9.17, 15) is 9.90 Å². The SMILES string of the molecule is COc1cc2cc3c4c(cc(OC)c(O)c4c2cc1OC)CCN3C=O. The Bertz CT molecular complexity index is 1040. The van der Waals surface area contributed by atoms with Crippen molar-refractivity contribution >= 4 is 33.6 Å². The Hall–Kier alpha value is -3.15. The van der Waals surface area contributed by atoms with Crippen molar-refractivity contribution in [2.24, 2.45) is 0 Å². The number of methoxy groups -OCH3 is 3. The van der Waals surface area contributed by atoms with Gasteiger partial charge in [0.25, 0.3) is 0 Å². The Balaban J connectivity index is 2.23. The lowest BCUT2D eigenvalue weighted by molar-refractivity contribution is -0.107. The highest BCUT2D eigenvalue weighted by molar-refractivity contribution is 6.19. The van der Waals surface area contributed by atoms with E-state index in [2.05, 4.69) is 0 Å². The number of rotatable bonds is 4. The average molecular weight is 353 g/mol. The molecule has 0 saturated carbocycles. The van der Waals surface area contributed by atoms with Crippen LogP contribution in [0.15, 0.2) is 24.3 Å². The molecule has 1 heterocycles. The van der Waals surface area contributed by atoms with Gasteiger partial charge in [0, 0.05) is 17.3 Å². The predicted molar refractivity (Wildman–Crippen MR) is 99.9 cm³/mol. The number of aromatic hydroxyl groups is 1.